The number of rotatable bonds is 16. The van der Waals surface area contributed by atoms with Crippen LogP contribution in [0.25, 0.3) is 10.9 Å². The highest BCUT2D eigenvalue weighted by atomic mass is 32.3. The number of aliphatic hydroxyl groups is 2. The normalized spacial score (nSPS) is 19.2. The number of carbonyl (C=O) groups is 3. The Bertz CT molecular complexity index is 1870. The number of hydrogen-bond acceptors (Lipinski definition) is 16. The summed E-state index contributed by atoms with van der Waals surface area (Å²) in [6, 6.07) is 3.63. The molecule has 0 bridgehead atoms. The molecule has 2 aromatic heterocycles. The van der Waals surface area contributed by atoms with Crippen LogP contribution < -0.4 is 25.8 Å². The Balaban J connectivity index is 1.31. The molecule has 4 heterocycles. The Morgan fingerprint density at radius 3 is 2.65 bits per heavy atom. The van der Waals surface area contributed by atoms with Crippen LogP contribution in [0, 0.1) is 5.92 Å². The number of nitrogens with zero attached hydrogens (tertiary/aromatic N) is 5. The smallest absolute Gasteiger partial charge is 0.351 e. The summed E-state index contributed by atoms with van der Waals surface area (Å²) in [5.41, 5.74) is 4.29. The number of thiazole rings is 1. The molecule has 2 aliphatic rings. The lowest BCUT2D eigenvalue weighted by Gasteiger charge is -2.51. The number of nitrogens with one attached hydrogen (secondary N) is 2. The maximum absolute atomic E-state index is 13.3. The van der Waals surface area contributed by atoms with Crippen molar-refractivity contribution in [1.82, 2.24) is 25.4 Å². The molecule has 3 atom stereocenters. The molecule has 1 unspecified atom stereocenters. The number of anilines is 1. The number of hydroxylamine groups is 2. The first-order valence-electron chi connectivity index (χ1n) is 14.7. The van der Waals surface area contributed by atoms with Crippen molar-refractivity contribution in [2.24, 2.45) is 11.1 Å². The van der Waals surface area contributed by atoms with Crippen molar-refractivity contribution in [3.8, 4) is 5.75 Å². The molecule has 22 heteroatoms. The molecule has 0 saturated carbocycles. The zero-order valence-corrected chi connectivity index (χ0v) is 27.7. The number of aliphatic hydroxyl groups excluding tert-OH is 2. The quantitative estimate of drug-likeness (QED) is 0.0219. The first kappa shape index (κ1) is 35.8. The molecule has 0 aliphatic carbocycles. The van der Waals surface area contributed by atoms with E-state index >= 15 is 0 Å². The number of nitrogens with two attached hydrogens (primary N) is 1. The lowest BCUT2D eigenvalue weighted by molar-refractivity contribution is -0.759. The summed E-state index contributed by atoms with van der Waals surface area (Å²) < 4.78 is 46.7. The summed E-state index contributed by atoms with van der Waals surface area (Å²) >= 11 is 0.939. The van der Waals surface area contributed by atoms with E-state index in [1.165, 1.54) is 19.2 Å². The van der Waals surface area contributed by atoms with E-state index in [0.717, 1.165) is 35.3 Å². The van der Waals surface area contributed by atoms with Crippen LogP contribution in [-0.2, 0) is 47.0 Å². The molecule has 2 amide bonds. The van der Waals surface area contributed by atoms with E-state index in [-0.39, 0.29) is 23.1 Å². The van der Waals surface area contributed by atoms with Crippen molar-refractivity contribution in [1.29, 1.82) is 0 Å². The van der Waals surface area contributed by atoms with Gasteiger partial charge in [0.15, 0.2) is 10.8 Å². The van der Waals surface area contributed by atoms with Crippen LogP contribution in [0.2, 0.25) is 0 Å². The minimum atomic E-state index is -5.28. The van der Waals surface area contributed by atoms with Crippen molar-refractivity contribution in [3.63, 3.8) is 0 Å². The third-order valence-corrected chi connectivity index (χ3v) is 8.83. The average Bonchev–Trinajstić information content (AvgIpc) is 3.59. The average molecular weight is 727 g/mol. The van der Waals surface area contributed by atoms with Gasteiger partial charge in [0.1, 0.15) is 30.2 Å². The molecule has 2 aliphatic heterocycles. The van der Waals surface area contributed by atoms with E-state index in [0.29, 0.717) is 17.5 Å². The van der Waals surface area contributed by atoms with Gasteiger partial charge in [0.05, 0.1) is 30.3 Å². The first-order valence-corrected chi connectivity index (χ1v) is 16.9. The fraction of sp³-hybridized carbons (Fsp3) is 0.481. The van der Waals surface area contributed by atoms with Crippen molar-refractivity contribution in [2.75, 3.05) is 32.0 Å². The van der Waals surface area contributed by atoms with Crippen molar-refractivity contribution in [2.45, 2.75) is 50.7 Å². The molecule has 0 spiro atoms. The molecular weight excluding hydrogens is 692 g/mol. The highest BCUT2D eigenvalue weighted by Gasteiger charge is 2.57. The molecule has 1 aromatic carbocycles. The second-order valence-corrected chi connectivity index (χ2v) is 13.7. The Hall–Kier alpha value is -4.45. The predicted octanol–water partition coefficient (Wildman–Crippen LogP) is -2.71. The summed E-state index contributed by atoms with van der Waals surface area (Å²) in [6.45, 7) is 4.20. The Morgan fingerprint density at radius 2 is 2.08 bits per heavy atom. The highest BCUT2D eigenvalue weighted by Crippen LogP contribution is 2.33. The van der Waals surface area contributed by atoms with Crippen LogP contribution in [-0.4, -0.2) is 117 Å². The number of carbonyl (C=O) groups excluding carboxylic acids is 2. The van der Waals surface area contributed by atoms with Gasteiger partial charge in [-0.15, -0.1) is 16.0 Å². The second kappa shape index (κ2) is 14.2. The van der Waals surface area contributed by atoms with Gasteiger partial charge in [-0.25, -0.2) is 18.2 Å². The fourth-order valence-corrected chi connectivity index (χ4v) is 6.13. The number of aliphatic carboxylic acids is 1. The number of aromatic nitrogens is 3. The van der Waals surface area contributed by atoms with Gasteiger partial charge in [0, 0.05) is 30.5 Å². The van der Waals surface area contributed by atoms with Gasteiger partial charge in [-0.05, 0) is 26.0 Å². The number of carboxylic acid groups (broad SMARTS) is 1. The number of oxime groups is 1. The monoisotopic (exact) mass is 726 g/mol. The minimum Gasteiger partial charge on any atom is -0.724 e. The van der Waals surface area contributed by atoms with Crippen molar-refractivity contribution >= 4 is 61.3 Å². The highest BCUT2D eigenvalue weighted by molar-refractivity contribution is 7.80. The summed E-state index contributed by atoms with van der Waals surface area (Å²) in [5.74, 6) is -2.91. The first-order chi connectivity index (χ1) is 23.1. The number of carboxylic acids is 1. The predicted molar refractivity (Wildman–Crippen MR) is 166 cm³/mol. The molecule has 266 valence electrons. The van der Waals surface area contributed by atoms with Crippen LogP contribution in [0.3, 0.4) is 0 Å². The number of β-lactam (4-membered cyclic amide) rings is 1. The number of nitrogen functional groups attached to an aromatic ring is 1. The van der Waals surface area contributed by atoms with Gasteiger partial charge in [0.2, 0.25) is 22.5 Å². The lowest BCUT2D eigenvalue weighted by atomic mass is 9.84. The topological polar surface area (TPSA) is 284 Å². The number of amides is 2. The van der Waals surface area contributed by atoms with Crippen LogP contribution in [0.15, 0.2) is 34.9 Å². The number of hydrogen-bond donors (Lipinski definition) is 6. The molecule has 0 radical (unpaired) electrons. The standard InChI is InChI=1S/C27H34N8O12S2/c1-27(2)22(24(39)35(27)47-49(42,43)44)31-23(38)21(18-13-48-26(28)30-18)32-46-20(25(40)41)12-45-17-3-4-19-15(5-17)9-33(8-14-6-29-7-14)34(19)10-16(37)11-36/h3-5,9,13-14,16,20,22,29,36-37H,6-8,10-12H2,1-2H3,(H4-,28,30,31,38,40,41,42,43,44)/b32-21-/t16?,20-,22+/m0/s1. The zero-order chi connectivity index (χ0) is 35.7. The molecule has 7 N–H and O–H groups in total. The third kappa shape index (κ3) is 8.07. The van der Waals surface area contributed by atoms with Gasteiger partial charge in [-0.3, -0.25) is 9.59 Å². The van der Waals surface area contributed by atoms with E-state index < -0.39 is 70.9 Å². The maximum atomic E-state index is 13.3. The van der Waals surface area contributed by atoms with Gasteiger partial charge in [0.25, 0.3) is 17.9 Å². The van der Waals surface area contributed by atoms with Crippen LogP contribution in [0.4, 0.5) is 5.13 Å². The van der Waals surface area contributed by atoms with Crippen LogP contribution in [0.5, 0.6) is 5.75 Å². The summed E-state index contributed by atoms with van der Waals surface area (Å²) in [6.07, 6.45) is -0.849. The molecule has 2 fully saturated rings. The zero-order valence-electron chi connectivity index (χ0n) is 26.1. The van der Waals surface area contributed by atoms with Crippen LogP contribution >= 0.6 is 11.3 Å². The Kier molecular flexibility index (Phi) is 10.4. The number of benzene rings is 1. The maximum Gasteiger partial charge on any atom is 0.351 e. The summed E-state index contributed by atoms with van der Waals surface area (Å²) in [7, 11) is -5.28. The number of fused-ring (bicyclic) bond motifs is 1. The molecule has 2 saturated heterocycles. The van der Waals surface area contributed by atoms with Gasteiger partial charge in [-0.2, -0.15) is 14.0 Å². The van der Waals surface area contributed by atoms with E-state index in [1.54, 1.807) is 18.2 Å². The molecule has 3 aromatic rings. The van der Waals surface area contributed by atoms with E-state index in [1.807, 2.05) is 15.6 Å². The van der Waals surface area contributed by atoms with Crippen molar-refractivity contribution in [3.05, 3.63) is 35.5 Å². The Morgan fingerprint density at radius 1 is 1.35 bits per heavy atom. The molecule has 49 heavy (non-hydrogen) atoms. The molecule has 20 nitrogen and oxygen atoms in total. The Labute approximate surface area is 282 Å². The lowest BCUT2D eigenvalue weighted by Crippen LogP contribution is -2.76. The van der Waals surface area contributed by atoms with Gasteiger partial charge >= 0.3 is 5.97 Å². The third-order valence-electron chi connectivity index (χ3n) is 7.83. The second-order valence-electron chi connectivity index (χ2n) is 11.8. The minimum absolute atomic E-state index is 0.0367. The van der Waals surface area contributed by atoms with E-state index in [4.69, 9.17) is 15.3 Å². The van der Waals surface area contributed by atoms with Crippen LogP contribution in [0.1, 0.15) is 19.5 Å². The van der Waals surface area contributed by atoms with Gasteiger partial charge < -0.3 is 45.8 Å². The fourth-order valence-electron chi connectivity index (χ4n) is 5.14. The molecular formula is C27H34N8O12S2. The molecule has 5 rings (SSSR count). The van der Waals surface area contributed by atoms with Crippen molar-refractivity contribution < 1.29 is 61.2 Å². The number of ether oxygens (including phenoxy) is 1. The van der Waals surface area contributed by atoms with E-state index in [9.17, 15) is 42.7 Å². The summed E-state index contributed by atoms with van der Waals surface area (Å²) in [5, 5.41) is 41.0. The SMILES string of the molecule is CC1(C)[C@H](NC(=O)/C(=N\O[C@@H](COc2ccc3c(c2)cn(CC2CNC2)[n+]3CC(O)CO)C(=O)O)c2csc(N)n2)C(=O)N1OS(=O)(=O)[O-]. The largest absolute Gasteiger partial charge is 0.724 e. The van der Waals surface area contributed by atoms with E-state index in [2.05, 4.69) is 25.1 Å². The van der Waals surface area contributed by atoms with Gasteiger partial charge in [-0.1, -0.05) is 5.16 Å². The summed E-state index contributed by atoms with van der Waals surface area (Å²) in [4.78, 5) is 47.1.